The third-order valence-corrected chi connectivity index (χ3v) is 3.35. The Morgan fingerprint density at radius 3 is 2.78 bits per heavy atom. The molecule has 1 rings (SSSR count). The molecule has 0 aliphatic carbocycles. The van der Waals surface area contributed by atoms with Gasteiger partial charge in [-0.25, -0.2) is 4.79 Å². The van der Waals surface area contributed by atoms with Crippen LogP contribution < -0.4 is 5.32 Å². The molecule has 5 heteroatoms. The first kappa shape index (κ1) is 15.2. The smallest absolute Gasteiger partial charge is 0.317 e. The number of amides is 2. The highest BCUT2D eigenvalue weighted by molar-refractivity contribution is 5.74. The zero-order chi connectivity index (χ0) is 13.4. The van der Waals surface area contributed by atoms with Gasteiger partial charge in [0, 0.05) is 26.2 Å². The Labute approximate surface area is 110 Å². The molecule has 1 fully saturated rings. The predicted octanol–water partition coefficient (Wildman–Crippen LogP) is 1.48. The van der Waals surface area contributed by atoms with E-state index in [9.17, 15) is 4.79 Å². The molecular weight excluding hydrogens is 232 g/mol. The first-order valence-corrected chi connectivity index (χ1v) is 6.76. The van der Waals surface area contributed by atoms with Gasteiger partial charge < -0.3 is 19.7 Å². The molecule has 18 heavy (non-hydrogen) atoms. The molecule has 0 spiro atoms. The highest BCUT2D eigenvalue weighted by Crippen LogP contribution is 2.21. The van der Waals surface area contributed by atoms with Gasteiger partial charge in [0.15, 0.2) is 0 Å². The first-order valence-electron chi connectivity index (χ1n) is 6.76. The zero-order valence-electron chi connectivity index (χ0n) is 11.8. The molecule has 1 saturated heterocycles. The third kappa shape index (κ3) is 5.23. The molecule has 0 aromatic carbocycles. The van der Waals surface area contributed by atoms with Gasteiger partial charge >= 0.3 is 6.03 Å². The summed E-state index contributed by atoms with van der Waals surface area (Å²) < 4.78 is 10.2. The summed E-state index contributed by atoms with van der Waals surface area (Å²) in [6.07, 6.45) is 2.19. The Kier molecular flexibility index (Phi) is 7.05. The Balaban J connectivity index is 2.12. The van der Waals surface area contributed by atoms with Crippen LogP contribution in [-0.4, -0.2) is 57.0 Å². The number of piperidine rings is 1. The van der Waals surface area contributed by atoms with Crippen molar-refractivity contribution in [1.82, 2.24) is 10.2 Å². The summed E-state index contributed by atoms with van der Waals surface area (Å²) in [7, 11) is 1.64. The van der Waals surface area contributed by atoms with E-state index in [0.29, 0.717) is 32.4 Å². The monoisotopic (exact) mass is 258 g/mol. The lowest BCUT2D eigenvalue weighted by atomic mass is 9.94. The number of hydrogen-bond donors (Lipinski definition) is 1. The molecule has 1 aliphatic heterocycles. The molecular formula is C13H26N2O3. The average Bonchev–Trinajstić information content (AvgIpc) is 2.33. The molecule has 0 bridgehead atoms. The third-order valence-electron chi connectivity index (χ3n) is 3.35. The van der Waals surface area contributed by atoms with Crippen LogP contribution in [0, 0.1) is 5.92 Å². The number of nitrogens with zero attached hydrogens (tertiary/aromatic N) is 1. The summed E-state index contributed by atoms with van der Waals surface area (Å²) >= 11 is 0. The van der Waals surface area contributed by atoms with Crippen molar-refractivity contribution in [3.8, 4) is 0 Å². The van der Waals surface area contributed by atoms with E-state index in [1.807, 2.05) is 4.90 Å². The topological polar surface area (TPSA) is 50.8 Å². The van der Waals surface area contributed by atoms with Crippen LogP contribution in [0.5, 0.6) is 0 Å². The van der Waals surface area contributed by atoms with Crippen molar-refractivity contribution >= 4 is 6.03 Å². The Morgan fingerprint density at radius 1 is 1.33 bits per heavy atom. The van der Waals surface area contributed by atoms with Gasteiger partial charge in [-0.15, -0.1) is 0 Å². The van der Waals surface area contributed by atoms with E-state index in [2.05, 4.69) is 19.2 Å². The number of methoxy groups -OCH3 is 1. The van der Waals surface area contributed by atoms with Crippen molar-refractivity contribution in [2.24, 2.45) is 5.92 Å². The van der Waals surface area contributed by atoms with Crippen LogP contribution in [0.2, 0.25) is 0 Å². The second-order valence-corrected chi connectivity index (χ2v) is 5.01. The Hall–Kier alpha value is -0.810. The molecule has 0 radical (unpaired) electrons. The minimum absolute atomic E-state index is 0.0322. The first-order chi connectivity index (χ1) is 8.65. The van der Waals surface area contributed by atoms with Crippen LogP contribution in [0.4, 0.5) is 4.79 Å². The molecule has 2 atom stereocenters. The van der Waals surface area contributed by atoms with E-state index in [-0.39, 0.29) is 6.03 Å². The molecule has 0 saturated carbocycles. The fraction of sp³-hybridized carbons (Fsp3) is 0.923. The van der Waals surface area contributed by atoms with Crippen LogP contribution in [0.3, 0.4) is 0 Å². The minimum Gasteiger partial charge on any atom is -0.382 e. The number of likely N-dealkylation sites (tertiary alicyclic amines) is 1. The summed E-state index contributed by atoms with van der Waals surface area (Å²) in [6, 6.07) is 0.368. The molecule has 1 N–H and O–H groups in total. The normalized spacial score (nSPS) is 24.1. The van der Waals surface area contributed by atoms with Crippen LogP contribution in [0.1, 0.15) is 26.7 Å². The highest BCUT2D eigenvalue weighted by atomic mass is 16.5. The van der Waals surface area contributed by atoms with Crippen molar-refractivity contribution < 1.29 is 14.3 Å². The Bertz CT molecular complexity index is 248. The lowest BCUT2D eigenvalue weighted by molar-refractivity contribution is 0.0711. The van der Waals surface area contributed by atoms with Crippen molar-refractivity contribution in [1.29, 1.82) is 0 Å². The van der Waals surface area contributed by atoms with Crippen LogP contribution in [0.15, 0.2) is 0 Å². The second-order valence-electron chi connectivity index (χ2n) is 5.01. The van der Waals surface area contributed by atoms with E-state index in [1.165, 1.54) is 0 Å². The summed E-state index contributed by atoms with van der Waals surface area (Å²) in [5.74, 6) is 0.724. The van der Waals surface area contributed by atoms with Gasteiger partial charge in [-0.05, 0) is 25.7 Å². The van der Waals surface area contributed by atoms with E-state index >= 15 is 0 Å². The molecule has 5 nitrogen and oxygen atoms in total. The van der Waals surface area contributed by atoms with Gasteiger partial charge in [0.25, 0.3) is 0 Å². The standard InChI is InChI=1S/C13H26N2O3/c1-11-4-6-15(12(2)10-11)13(16)14-5-7-18-9-8-17-3/h11-12H,4-10H2,1-3H3,(H,14,16). The number of ether oxygens (including phenoxy) is 2. The molecule has 0 aromatic rings. The van der Waals surface area contributed by atoms with Gasteiger partial charge in [0.1, 0.15) is 0 Å². The van der Waals surface area contributed by atoms with Gasteiger partial charge in [-0.2, -0.15) is 0 Å². The molecule has 106 valence electrons. The lowest BCUT2D eigenvalue weighted by Gasteiger charge is -2.36. The maximum Gasteiger partial charge on any atom is 0.317 e. The lowest BCUT2D eigenvalue weighted by Crippen LogP contribution is -2.49. The van der Waals surface area contributed by atoms with Crippen molar-refractivity contribution in [2.75, 3.05) is 40.0 Å². The maximum absolute atomic E-state index is 11.9. The summed E-state index contributed by atoms with van der Waals surface area (Å²) in [6.45, 7) is 7.48. The number of rotatable bonds is 6. The number of carbonyl (C=O) groups excluding carboxylic acids is 1. The van der Waals surface area contributed by atoms with Crippen LogP contribution in [0.25, 0.3) is 0 Å². The van der Waals surface area contributed by atoms with Crippen molar-refractivity contribution in [3.05, 3.63) is 0 Å². The molecule has 0 aromatic heterocycles. The summed E-state index contributed by atoms with van der Waals surface area (Å²) in [5.41, 5.74) is 0. The number of urea groups is 1. The maximum atomic E-state index is 11.9. The predicted molar refractivity (Wildman–Crippen MR) is 70.7 cm³/mol. The van der Waals surface area contributed by atoms with Crippen LogP contribution >= 0.6 is 0 Å². The molecule has 1 heterocycles. The molecule has 2 unspecified atom stereocenters. The van der Waals surface area contributed by atoms with E-state index in [1.54, 1.807) is 7.11 Å². The SMILES string of the molecule is COCCOCCNC(=O)N1CCC(C)CC1C. The van der Waals surface area contributed by atoms with Crippen LogP contribution in [-0.2, 0) is 9.47 Å². The summed E-state index contributed by atoms with van der Waals surface area (Å²) in [4.78, 5) is 13.9. The van der Waals surface area contributed by atoms with E-state index in [4.69, 9.17) is 9.47 Å². The molecule has 1 aliphatic rings. The summed E-state index contributed by atoms with van der Waals surface area (Å²) in [5, 5.41) is 2.90. The van der Waals surface area contributed by atoms with Gasteiger partial charge in [0.2, 0.25) is 0 Å². The van der Waals surface area contributed by atoms with Crippen molar-refractivity contribution in [2.45, 2.75) is 32.7 Å². The Morgan fingerprint density at radius 2 is 2.11 bits per heavy atom. The highest BCUT2D eigenvalue weighted by Gasteiger charge is 2.26. The fourth-order valence-electron chi connectivity index (χ4n) is 2.28. The number of carbonyl (C=O) groups is 1. The zero-order valence-corrected chi connectivity index (χ0v) is 11.8. The fourth-order valence-corrected chi connectivity index (χ4v) is 2.28. The molecule has 2 amide bonds. The van der Waals surface area contributed by atoms with Crippen molar-refractivity contribution in [3.63, 3.8) is 0 Å². The van der Waals surface area contributed by atoms with Gasteiger partial charge in [-0.3, -0.25) is 0 Å². The average molecular weight is 258 g/mol. The van der Waals surface area contributed by atoms with Gasteiger partial charge in [-0.1, -0.05) is 6.92 Å². The second kappa shape index (κ2) is 8.32. The largest absolute Gasteiger partial charge is 0.382 e. The minimum atomic E-state index is 0.0322. The quantitative estimate of drug-likeness (QED) is 0.734. The van der Waals surface area contributed by atoms with E-state index < -0.39 is 0 Å². The number of nitrogens with one attached hydrogen (secondary N) is 1. The van der Waals surface area contributed by atoms with Gasteiger partial charge in [0.05, 0.1) is 19.8 Å². The van der Waals surface area contributed by atoms with E-state index in [0.717, 1.165) is 25.3 Å². The number of hydrogen-bond acceptors (Lipinski definition) is 3.